The molecule has 31 heavy (non-hydrogen) atoms. The van der Waals surface area contributed by atoms with Crippen molar-refractivity contribution in [1.29, 1.82) is 0 Å². The van der Waals surface area contributed by atoms with Gasteiger partial charge in [0.25, 0.3) is 5.91 Å². The number of methoxy groups -OCH3 is 5. The van der Waals surface area contributed by atoms with Gasteiger partial charge in [-0.05, 0) is 24.6 Å². The maximum Gasteiger partial charge on any atom is 0.342 e. The Morgan fingerprint density at radius 1 is 0.774 bits per heavy atom. The van der Waals surface area contributed by atoms with Gasteiger partial charge in [0.1, 0.15) is 11.3 Å². The van der Waals surface area contributed by atoms with Crippen LogP contribution in [-0.2, 0) is 16.1 Å². The number of hydrogen-bond acceptors (Lipinski definition) is 8. The molecule has 0 aromatic heterocycles. The lowest BCUT2D eigenvalue weighted by atomic mass is 10.1. The van der Waals surface area contributed by atoms with Crippen LogP contribution in [0.1, 0.15) is 22.8 Å². The Morgan fingerprint density at radius 2 is 1.32 bits per heavy atom. The van der Waals surface area contributed by atoms with E-state index in [1.165, 1.54) is 47.5 Å². The SMILES string of the molecule is COc1ccc(CNC(=O)C(C)OC(=O)c2cc(OC)c(OC)cc2OC)cc1OC. The number of carbonyl (C=O) groups is 2. The molecule has 0 aliphatic carbocycles. The molecule has 168 valence electrons. The molecule has 9 heteroatoms. The normalized spacial score (nSPS) is 11.2. The molecule has 0 bridgehead atoms. The molecule has 0 radical (unpaired) electrons. The second-order valence-corrected chi connectivity index (χ2v) is 6.36. The number of carbonyl (C=O) groups excluding carboxylic acids is 2. The minimum Gasteiger partial charge on any atom is -0.496 e. The molecule has 1 N–H and O–H groups in total. The number of esters is 1. The molecule has 0 aliphatic rings. The predicted octanol–water partition coefficient (Wildman–Crippen LogP) is 2.59. The van der Waals surface area contributed by atoms with Crippen molar-refractivity contribution < 1.29 is 38.0 Å². The van der Waals surface area contributed by atoms with Crippen molar-refractivity contribution in [3.8, 4) is 28.7 Å². The lowest BCUT2D eigenvalue weighted by Gasteiger charge is -2.17. The van der Waals surface area contributed by atoms with Gasteiger partial charge in [0.15, 0.2) is 29.1 Å². The van der Waals surface area contributed by atoms with Crippen LogP contribution >= 0.6 is 0 Å². The molecule has 9 nitrogen and oxygen atoms in total. The van der Waals surface area contributed by atoms with Gasteiger partial charge in [-0.2, -0.15) is 0 Å². The Hall–Kier alpha value is -3.62. The van der Waals surface area contributed by atoms with Crippen LogP contribution in [-0.4, -0.2) is 53.5 Å². The van der Waals surface area contributed by atoms with E-state index >= 15 is 0 Å². The molecule has 1 amide bonds. The second kappa shape index (κ2) is 11.0. The number of benzene rings is 2. The summed E-state index contributed by atoms with van der Waals surface area (Å²) in [6.07, 6.45) is -1.04. The van der Waals surface area contributed by atoms with Gasteiger partial charge in [0.05, 0.1) is 35.5 Å². The largest absolute Gasteiger partial charge is 0.496 e. The van der Waals surface area contributed by atoms with E-state index in [0.29, 0.717) is 23.0 Å². The third-order valence-electron chi connectivity index (χ3n) is 4.49. The summed E-state index contributed by atoms with van der Waals surface area (Å²) in [5.74, 6) is 0.921. The molecule has 1 unspecified atom stereocenters. The zero-order valence-corrected chi connectivity index (χ0v) is 18.4. The van der Waals surface area contributed by atoms with Crippen LogP contribution in [0, 0.1) is 0 Å². The number of rotatable bonds is 10. The summed E-state index contributed by atoms with van der Waals surface area (Å²) in [5, 5.41) is 2.73. The Morgan fingerprint density at radius 3 is 1.90 bits per heavy atom. The molecule has 2 rings (SSSR count). The Kier molecular flexibility index (Phi) is 8.36. The van der Waals surface area contributed by atoms with Gasteiger partial charge in [-0.1, -0.05) is 6.07 Å². The zero-order valence-electron chi connectivity index (χ0n) is 18.4. The van der Waals surface area contributed by atoms with E-state index in [9.17, 15) is 9.59 Å². The monoisotopic (exact) mass is 433 g/mol. The van der Waals surface area contributed by atoms with Gasteiger partial charge in [-0.25, -0.2) is 4.79 Å². The summed E-state index contributed by atoms with van der Waals surface area (Å²) < 4.78 is 31.4. The van der Waals surface area contributed by atoms with Crippen molar-refractivity contribution in [2.75, 3.05) is 35.5 Å². The van der Waals surface area contributed by atoms with Crippen LogP contribution in [0.5, 0.6) is 28.7 Å². The van der Waals surface area contributed by atoms with Crippen molar-refractivity contribution in [3.05, 3.63) is 41.5 Å². The molecular formula is C22H27NO8. The fourth-order valence-corrected chi connectivity index (χ4v) is 2.79. The quantitative estimate of drug-likeness (QED) is 0.571. The molecule has 0 heterocycles. The molecule has 0 spiro atoms. The highest BCUT2D eigenvalue weighted by Gasteiger charge is 2.23. The van der Waals surface area contributed by atoms with E-state index in [1.807, 2.05) is 0 Å². The van der Waals surface area contributed by atoms with Crippen molar-refractivity contribution in [2.24, 2.45) is 0 Å². The van der Waals surface area contributed by atoms with Crippen LogP contribution in [0.2, 0.25) is 0 Å². The first-order chi connectivity index (χ1) is 14.9. The molecule has 2 aromatic carbocycles. The van der Waals surface area contributed by atoms with E-state index in [0.717, 1.165) is 5.56 Å². The van der Waals surface area contributed by atoms with Gasteiger partial charge in [0.2, 0.25) is 0 Å². The zero-order chi connectivity index (χ0) is 23.0. The molecular weight excluding hydrogens is 406 g/mol. The van der Waals surface area contributed by atoms with Gasteiger partial charge >= 0.3 is 5.97 Å². The standard InChI is InChI=1S/C22H27NO8/c1-13(21(24)23-12-14-7-8-16(26-2)18(9-14)28-4)31-22(25)15-10-19(29-5)20(30-6)11-17(15)27-3/h7-11,13H,12H2,1-6H3,(H,23,24). The van der Waals surface area contributed by atoms with Crippen molar-refractivity contribution >= 4 is 11.9 Å². The van der Waals surface area contributed by atoms with E-state index in [1.54, 1.807) is 25.3 Å². The van der Waals surface area contributed by atoms with Crippen molar-refractivity contribution in [3.63, 3.8) is 0 Å². The molecule has 2 aromatic rings. The maximum absolute atomic E-state index is 12.6. The minimum atomic E-state index is -1.04. The average Bonchev–Trinajstić information content (AvgIpc) is 2.80. The van der Waals surface area contributed by atoms with Crippen LogP contribution in [0.4, 0.5) is 0 Å². The summed E-state index contributed by atoms with van der Waals surface area (Å²) in [7, 11) is 7.41. The number of nitrogens with one attached hydrogen (secondary N) is 1. The van der Waals surface area contributed by atoms with Gasteiger partial charge < -0.3 is 33.7 Å². The molecule has 0 fully saturated rings. The Balaban J connectivity index is 2.05. The molecule has 0 saturated heterocycles. The smallest absolute Gasteiger partial charge is 0.342 e. The predicted molar refractivity (Wildman–Crippen MR) is 112 cm³/mol. The highest BCUT2D eigenvalue weighted by Crippen LogP contribution is 2.35. The first-order valence-electron chi connectivity index (χ1n) is 9.38. The molecule has 0 aliphatic heterocycles. The third kappa shape index (κ3) is 5.71. The topological polar surface area (TPSA) is 102 Å². The van der Waals surface area contributed by atoms with Crippen molar-refractivity contribution in [1.82, 2.24) is 5.32 Å². The first-order valence-corrected chi connectivity index (χ1v) is 9.38. The summed E-state index contributed by atoms with van der Waals surface area (Å²) in [6, 6.07) is 8.25. The second-order valence-electron chi connectivity index (χ2n) is 6.36. The number of ether oxygens (including phenoxy) is 6. The van der Waals surface area contributed by atoms with Crippen LogP contribution in [0.3, 0.4) is 0 Å². The van der Waals surface area contributed by atoms with E-state index in [-0.39, 0.29) is 17.9 Å². The third-order valence-corrected chi connectivity index (χ3v) is 4.49. The van der Waals surface area contributed by atoms with Gasteiger partial charge in [-0.15, -0.1) is 0 Å². The molecule has 0 saturated carbocycles. The van der Waals surface area contributed by atoms with E-state index in [2.05, 4.69) is 5.32 Å². The lowest BCUT2D eigenvalue weighted by Crippen LogP contribution is -2.35. The summed E-state index contributed by atoms with van der Waals surface area (Å²) in [5.41, 5.74) is 0.908. The summed E-state index contributed by atoms with van der Waals surface area (Å²) in [6.45, 7) is 1.70. The van der Waals surface area contributed by atoms with Crippen molar-refractivity contribution in [2.45, 2.75) is 19.6 Å². The summed E-state index contributed by atoms with van der Waals surface area (Å²) in [4.78, 5) is 25.0. The minimum absolute atomic E-state index is 0.111. The van der Waals surface area contributed by atoms with Gasteiger partial charge in [-0.3, -0.25) is 4.79 Å². The Labute approximate surface area is 181 Å². The van der Waals surface area contributed by atoms with Crippen LogP contribution in [0.25, 0.3) is 0 Å². The van der Waals surface area contributed by atoms with Crippen LogP contribution < -0.4 is 29.0 Å². The first kappa shape index (κ1) is 23.7. The number of amides is 1. The fourth-order valence-electron chi connectivity index (χ4n) is 2.79. The van der Waals surface area contributed by atoms with E-state index < -0.39 is 18.0 Å². The molecule has 1 atom stereocenters. The highest BCUT2D eigenvalue weighted by molar-refractivity contribution is 5.95. The highest BCUT2D eigenvalue weighted by atomic mass is 16.6. The Bertz CT molecular complexity index is 928. The number of hydrogen-bond donors (Lipinski definition) is 1. The average molecular weight is 433 g/mol. The van der Waals surface area contributed by atoms with Gasteiger partial charge in [0, 0.05) is 18.7 Å². The summed E-state index contributed by atoms with van der Waals surface area (Å²) >= 11 is 0. The van der Waals surface area contributed by atoms with E-state index in [4.69, 9.17) is 28.4 Å². The van der Waals surface area contributed by atoms with Crippen LogP contribution in [0.15, 0.2) is 30.3 Å². The maximum atomic E-state index is 12.6. The fraction of sp³-hybridized carbons (Fsp3) is 0.364. The lowest BCUT2D eigenvalue weighted by molar-refractivity contribution is -0.129.